The number of carbonyl (C=O) groups is 1. The highest BCUT2D eigenvalue weighted by atomic mass is 16.2. The minimum absolute atomic E-state index is 0.100. The molecule has 1 saturated heterocycles. The van der Waals surface area contributed by atoms with Gasteiger partial charge in [0, 0.05) is 32.2 Å². The summed E-state index contributed by atoms with van der Waals surface area (Å²) in [7, 11) is 2.11. The fraction of sp³-hybridized carbons (Fsp3) is 0.909. The van der Waals surface area contributed by atoms with Crippen LogP contribution in [0.2, 0.25) is 0 Å². The Morgan fingerprint density at radius 1 is 1.47 bits per heavy atom. The molecule has 0 spiro atoms. The average molecular weight is 213 g/mol. The van der Waals surface area contributed by atoms with Crippen molar-refractivity contribution in [2.24, 2.45) is 0 Å². The van der Waals surface area contributed by atoms with E-state index in [-0.39, 0.29) is 6.03 Å². The molecule has 1 fully saturated rings. The molecule has 1 heterocycles. The predicted molar refractivity (Wildman–Crippen MR) is 62.0 cm³/mol. The van der Waals surface area contributed by atoms with Crippen LogP contribution in [0.15, 0.2) is 0 Å². The summed E-state index contributed by atoms with van der Waals surface area (Å²) in [5, 5.41) is 2.96. The van der Waals surface area contributed by atoms with Gasteiger partial charge in [0.25, 0.3) is 0 Å². The van der Waals surface area contributed by atoms with Gasteiger partial charge in [-0.05, 0) is 20.4 Å². The van der Waals surface area contributed by atoms with E-state index in [4.69, 9.17) is 0 Å². The molecule has 4 nitrogen and oxygen atoms in total. The first-order valence-electron chi connectivity index (χ1n) is 5.88. The van der Waals surface area contributed by atoms with E-state index in [1.165, 1.54) is 0 Å². The average Bonchev–Trinajstić information content (AvgIpc) is 2.22. The van der Waals surface area contributed by atoms with E-state index in [1.807, 2.05) is 4.90 Å². The summed E-state index contributed by atoms with van der Waals surface area (Å²) in [4.78, 5) is 15.9. The highest BCUT2D eigenvalue weighted by Gasteiger charge is 2.23. The zero-order valence-electron chi connectivity index (χ0n) is 10.1. The van der Waals surface area contributed by atoms with Gasteiger partial charge in [-0.25, -0.2) is 4.79 Å². The molecule has 1 rings (SSSR count). The molecule has 1 aliphatic heterocycles. The summed E-state index contributed by atoms with van der Waals surface area (Å²) >= 11 is 0. The molecule has 1 aliphatic rings. The number of carbonyl (C=O) groups excluding carboxylic acids is 1. The standard InChI is InChI=1S/C11H23N3O/c1-4-5-6-12-11(15)14-8-7-13(3)10(2)9-14/h10H,4-9H2,1-3H3,(H,12,15). The van der Waals surface area contributed by atoms with Gasteiger partial charge in [-0.2, -0.15) is 0 Å². The number of nitrogens with zero attached hydrogens (tertiary/aromatic N) is 2. The smallest absolute Gasteiger partial charge is 0.317 e. The Balaban J connectivity index is 2.28. The lowest BCUT2D eigenvalue weighted by atomic mass is 10.2. The number of urea groups is 1. The molecule has 88 valence electrons. The van der Waals surface area contributed by atoms with Crippen LogP contribution in [0.1, 0.15) is 26.7 Å². The summed E-state index contributed by atoms with van der Waals surface area (Å²) in [6.45, 7) is 7.75. The lowest BCUT2D eigenvalue weighted by Gasteiger charge is -2.37. The number of unbranched alkanes of at least 4 members (excludes halogenated alkanes) is 1. The van der Waals surface area contributed by atoms with Crippen molar-refractivity contribution >= 4 is 6.03 Å². The number of hydrogen-bond acceptors (Lipinski definition) is 2. The topological polar surface area (TPSA) is 35.6 Å². The van der Waals surface area contributed by atoms with Gasteiger partial charge in [0.05, 0.1) is 0 Å². The SMILES string of the molecule is CCCCNC(=O)N1CCN(C)C(C)C1. The zero-order valence-corrected chi connectivity index (χ0v) is 10.1. The Hall–Kier alpha value is -0.770. The Kier molecular flexibility index (Phi) is 4.88. The zero-order chi connectivity index (χ0) is 11.3. The van der Waals surface area contributed by atoms with E-state index in [9.17, 15) is 4.79 Å². The van der Waals surface area contributed by atoms with Crippen molar-refractivity contribution in [1.82, 2.24) is 15.1 Å². The van der Waals surface area contributed by atoms with E-state index in [0.717, 1.165) is 39.0 Å². The maximum atomic E-state index is 11.7. The quantitative estimate of drug-likeness (QED) is 0.713. The fourth-order valence-corrected chi connectivity index (χ4v) is 1.72. The largest absolute Gasteiger partial charge is 0.338 e. The minimum Gasteiger partial charge on any atom is -0.338 e. The summed E-state index contributed by atoms with van der Waals surface area (Å²) in [6, 6.07) is 0.569. The van der Waals surface area contributed by atoms with Crippen LogP contribution in [-0.2, 0) is 0 Å². The molecule has 0 saturated carbocycles. The molecule has 0 aliphatic carbocycles. The molecule has 15 heavy (non-hydrogen) atoms. The lowest BCUT2D eigenvalue weighted by molar-refractivity contribution is 0.118. The maximum Gasteiger partial charge on any atom is 0.317 e. The predicted octanol–water partition coefficient (Wildman–Crippen LogP) is 1.13. The van der Waals surface area contributed by atoms with Gasteiger partial charge in [-0.1, -0.05) is 13.3 Å². The molecule has 1 atom stereocenters. The minimum atomic E-state index is 0.100. The summed E-state index contributed by atoms with van der Waals surface area (Å²) in [5.74, 6) is 0. The van der Waals surface area contributed by atoms with E-state index in [1.54, 1.807) is 0 Å². The maximum absolute atomic E-state index is 11.7. The van der Waals surface area contributed by atoms with Gasteiger partial charge >= 0.3 is 6.03 Å². The first-order valence-corrected chi connectivity index (χ1v) is 5.88. The van der Waals surface area contributed by atoms with E-state index < -0.39 is 0 Å². The molecular formula is C11H23N3O. The number of nitrogens with one attached hydrogen (secondary N) is 1. The normalized spacial score (nSPS) is 22.9. The molecular weight excluding hydrogens is 190 g/mol. The third-order valence-corrected chi connectivity index (χ3v) is 3.05. The lowest BCUT2D eigenvalue weighted by Crippen LogP contribution is -2.54. The second-order valence-electron chi connectivity index (χ2n) is 4.36. The highest BCUT2D eigenvalue weighted by molar-refractivity contribution is 5.74. The number of amides is 2. The third kappa shape index (κ3) is 3.70. The summed E-state index contributed by atoms with van der Waals surface area (Å²) < 4.78 is 0. The van der Waals surface area contributed by atoms with Gasteiger partial charge in [0.2, 0.25) is 0 Å². The van der Waals surface area contributed by atoms with Gasteiger partial charge in [0.1, 0.15) is 0 Å². The first-order chi connectivity index (χ1) is 7.15. The van der Waals surface area contributed by atoms with Crippen LogP contribution in [0, 0.1) is 0 Å². The Morgan fingerprint density at radius 3 is 2.80 bits per heavy atom. The molecule has 0 aromatic heterocycles. The molecule has 0 aromatic carbocycles. The Morgan fingerprint density at radius 2 is 2.20 bits per heavy atom. The molecule has 1 unspecified atom stereocenters. The molecule has 0 radical (unpaired) electrons. The van der Waals surface area contributed by atoms with Crippen molar-refractivity contribution in [3.05, 3.63) is 0 Å². The van der Waals surface area contributed by atoms with Crippen LogP contribution in [-0.4, -0.2) is 55.1 Å². The van der Waals surface area contributed by atoms with Crippen LogP contribution >= 0.6 is 0 Å². The van der Waals surface area contributed by atoms with Crippen LogP contribution < -0.4 is 5.32 Å². The van der Waals surface area contributed by atoms with Gasteiger partial charge < -0.3 is 15.1 Å². The number of rotatable bonds is 3. The highest BCUT2D eigenvalue weighted by Crippen LogP contribution is 2.06. The van der Waals surface area contributed by atoms with Gasteiger partial charge in [-0.3, -0.25) is 0 Å². The molecule has 0 bridgehead atoms. The van der Waals surface area contributed by atoms with Crippen molar-refractivity contribution in [2.45, 2.75) is 32.7 Å². The molecule has 1 N–H and O–H groups in total. The Bertz CT molecular complexity index is 208. The second kappa shape index (κ2) is 5.95. The van der Waals surface area contributed by atoms with Crippen LogP contribution in [0.5, 0.6) is 0 Å². The van der Waals surface area contributed by atoms with E-state index in [0.29, 0.717) is 6.04 Å². The van der Waals surface area contributed by atoms with E-state index in [2.05, 4.69) is 31.1 Å². The number of likely N-dealkylation sites (N-methyl/N-ethyl adjacent to an activating group) is 1. The second-order valence-corrected chi connectivity index (χ2v) is 4.36. The van der Waals surface area contributed by atoms with Crippen LogP contribution in [0.3, 0.4) is 0 Å². The summed E-state index contributed by atoms with van der Waals surface area (Å²) in [5.41, 5.74) is 0. The summed E-state index contributed by atoms with van der Waals surface area (Å²) in [6.07, 6.45) is 2.19. The van der Waals surface area contributed by atoms with Crippen molar-refractivity contribution < 1.29 is 4.79 Å². The molecule has 4 heteroatoms. The van der Waals surface area contributed by atoms with Crippen molar-refractivity contribution in [3.8, 4) is 0 Å². The van der Waals surface area contributed by atoms with Crippen molar-refractivity contribution in [3.63, 3.8) is 0 Å². The van der Waals surface area contributed by atoms with Crippen molar-refractivity contribution in [2.75, 3.05) is 33.2 Å². The van der Waals surface area contributed by atoms with E-state index >= 15 is 0 Å². The van der Waals surface area contributed by atoms with Crippen molar-refractivity contribution in [1.29, 1.82) is 0 Å². The number of hydrogen-bond donors (Lipinski definition) is 1. The molecule has 2 amide bonds. The Labute approximate surface area is 92.6 Å². The fourth-order valence-electron chi connectivity index (χ4n) is 1.72. The van der Waals surface area contributed by atoms with Gasteiger partial charge in [-0.15, -0.1) is 0 Å². The molecule has 0 aromatic rings. The first kappa shape index (κ1) is 12.3. The van der Waals surface area contributed by atoms with Crippen LogP contribution in [0.25, 0.3) is 0 Å². The van der Waals surface area contributed by atoms with Crippen LogP contribution in [0.4, 0.5) is 4.79 Å². The third-order valence-electron chi connectivity index (χ3n) is 3.05. The monoisotopic (exact) mass is 213 g/mol. The number of piperazine rings is 1. The van der Waals surface area contributed by atoms with Gasteiger partial charge in [0.15, 0.2) is 0 Å².